The molecule has 4 aromatic rings. The third kappa shape index (κ3) is 4.55. The van der Waals surface area contributed by atoms with E-state index in [4.69, 9.17) is 4.74 Å². The second-order valence-electron chi connectivity index (χ2n) is 5.79. The monoisotopic (exact) mass is 379 g/mol. The second-order valence-corrected chi connectivity index (χ2v) is 5.79. The highest BCUT2D eigenvalue weighted by atomic mass is 19.1. The topological polar surface area (TPSA) is 39.4 Å². The average molecular weight is 379 g/mol. The summed E-state index contributed by atoms with van der Waals surface area (Å²) in [5, 5.41) is 0. The van der Waals surface area contributed by atoms with Crippen molar-refractivity contribution in [3.05, 3.63) is 84.2 Å². The molecule has 28 heavy (non-hydrogen) atoms. The minimum atomic E-state index is -0.249. The van der Waals surface area contributed by atoms with Gasteiger partial charge >= 0.3 is 0 Å². The Kier molecular flexibility index (Phi) is 7.27. The Balaban J connectivity index is 0.000000906. The summed E-state index contributed by atoms with van der Waals surface area (Å²) in [5.74, 6) is 1.23. The molecular formula is C23H26FN3O. The molecule has 4 rings (SSSR count). The van der Waals surface area contributed by atoms with Gasteiger partial charge in [-0.2, -0.15) is 0 Å². The van der Waals surface area contributed by atoms with E-state index in [1.165, 1.54) is 12.1 Å². The van der Waals surface area contributed by atoms with Crippen LogP contribution in [0, 0.1) is 5.82 Å². The Morgan fingerprint density at radius 3 is 2.18 bits per heavy atom. The van der Waals surface area contributed by atoms with Crippen molar-refractivity contribution in [1.82, 2.24) is 14.4 Å². The van der Waals surface area contributed by atoms with Gasteiger partial charge in [-0.15, -0.1) is 0 Å². The molecule has 0 spiro atoms. The fourth-order valence-corrected chi connectivity index (χ4v) is 2.80. The van der Waals surface area contributed by atoms with Gasteiger partial charge in [-0.25, -0.2) is 14.4 Å². The summed E-state index contributed by atoms with van der Waals surface area (Å²) in [6.45, 7) is 4.00. The van der Waals surface area contributed by atoms with Crippen LogP contribution in [0.2, 0.25) is 0 Å². The number of hydrogen-bond acceptors (Lipinski definition) is 3. The Bertz CT molecular complexity index is 1010. The zero-order chi connectivity index (χ0) is 19.2. The molecule has 0 bridgehead atoms. The number of aromatic nitrogens is 3. The summed E-state index contributed by atoms with van der Waals surface area (Å²) in [4.78, 5) is 8.77. The van der Waals surface area contributed by atoms with Crippen molar-refractivity contribution < 1.29 is 9.13 Å². The number of ether oxygens (including phenoxy) is 1. The number of fused-ring (bicyclic) bond motifs is 1. The van der Waals surface area contributed by atoms with E-state index >= 15 is 0 Å². The van der Waals surface area contributed by atoms with Gasteiger partial charge in [0.05, 0.1) is 13.3 Å². The van der Waals surface area contributed by atoms with Crippen LogP contribution in [-0.4, -0.2) is 21.5 Å². The molecule has 0 fully saturated rings. The summed E-state index contributed by atoms with van der Waals surface area (Å²) in [7, 11) is 1.65. The zero-order valence-corrected chi connectivity index (χ0v) is 15.7. The Morgan fingerprint density at radius 2 is 1.54 bits per heavy atom. The summed E-state index contributed by atoms with van der Waals surface area (Å²) in [6, 6.07) is 14.4. The number of methoxy groups -OCH3 is 1. The van der Waals surface area contributed by atoms with E-state index in [1.54, 1.807) is 25.4 Å². The maximum atomic E-state index is 13.1. The normalized spacial score (nSPS) is 10.0. The third-order valence-corrected chi connectivity index (χ3v) is 4.16. The number of benzene rings is 2. The van der Waals surface area contributed by atoms with E-state index in [0.29, 0.717) is 5.78 Å². The number of rotatable bonds is 4. The SMILES string of the molecule is C.CC.COc1ccc(Cc2cnc3ncc(-c4ccc(F)cc4)cn23)cc1. The van der Waals surface area contributed by atoms with Crippen LogP contribution in [0.1, 0.15) is 32.5 Å². The Morgan fingerprint density at radius 1 is 0.893 bits per heavy atom. The number of hydrogen-bond donors (Lipinski definition) is 0. The quantitative estimate of drug-likeness (QED) is 0.450. The van der Waals surface area contributed by atoms with E-state index in [1.807, 2.05) is 54.9 Å². The molecule has 0 saturated carbocycles. The molecule has 0 amide bonds. The number of halogens is 1. The lowest BCUT2D eigenvalue weighted by Crippen LogP contribution is -1.97. The highest BCUT2D eigenvalue weighted by Gasteiger charge is 2.08. The van der Waals surface area contributed by atoms with Crippen LogP contribution in [0.3, 0.4) is 0 Å². The van der Waals surface area contributed by atoms with Gasteiger partial charge < -0.3 is 4.74 Å². The molecule has 0 aliphatic carbocycles. The first-order chi connectivity index (χ1) is 13.2. The van der Waals surface area contributed by atoms with Crippen molar-refractivity contribution in [3.63, 3.8) is 0 Å². The third-order valence-electron chi connectivity index (χ3n) is 4.16. The number of nitrogens with zero attached hydrogens (tertiary/aromatic N) is 3. The second kappa shape index (κ2) is 9.65. The molecule has 0 N–H and O–H groups in total. The molecule has 2 aromatic carbocycles. The van der Waals surface area contributed by atoms with Crippen LogP contribution < -0.4 is 4.74 Å². The first kappa shape index (κ1) is 21.1. The fourth-order valence-electron chi connectivity index (χ4n) is 2.80. The van der Waals surface area contributed by atoms with E-state index < -0.39 is 0 Å². The van der Waals surface area contributed by atoms with Crippen LogP contribution in [-0.2, 0) is 6.42 Å². The van der Waals surface area contributed by atoms with Gasteiger partial charge in [0, 0.05) is 30.1 Å². The van der Waals surface area contributed by atoms with Gasteiger partial charge in [0.25, 0.3) is 0 Å². The van der Waals surface area contributed by atoms with E-state index in [0.717, 1.165) is 34.6 Å². The standard InChI is InChI=1S/C20H16FN3O.C2H6.CH4/c1-25-19-8-2-14(3-9-19)10-18-12-23-20-22-11-16(13-24(18)20)15-4-6-17(21)7-5-15;1-2;/h2-9,11-13H,10H2,1H3;1-2H3;1H4. The van der Waals surface area contributed by atoms with Crippen LogP contribution in [0.5, 0.6) is 5.75 Å². The van der Waals surface area contributed by atoms with Crippen LogP contribution in [0.15, 0.2) is 67.1 Å². The first-order valence-electron chi connectivity index (χ1n) is 8.94. The van der Waals surface area contributed by atoms with Crippen molar-refractivity contribution in [1.29, 1.82) is 0 Å². The highest BCUT2D eigenvalue weighted by Crippen LogP contribution is 2.21. The molecule has 0 atom stereocenters. The van der Waals surface area contributed by atoms with Crippen LogP contribution in [0.25, 0.3) is 16.9 Å². The number of imidazole rings is 1. The summed E-state index contributed by atoms with van der Waals surface area (Å²) in [6.07, 6.45) is 6.31. The Hall–Kier alpha value is -3.21. The van der Waals surface area contributed by atoms with Crippen molar-refractivity contribution in [2.24, 2.45) is 0 Å². The van der Waals surface area contributed by atoms with Gasteiger partial charge in [-0.05, 0) is 35.4 Å². The van der Waals surface area contributed by atoms with Gasteiger partial charge in [0.1, 0.15) is 11.6 Å². The first-order valence-corrected chi connectivity index (χ1v) is 8.94. The van der Waals surface area contributed by atoms with E-state index in [-0.39, 0.29) is 13.2 Å². The molecule has 2 heterocycles. The maximum absolute atomic E-state index is 13.1. The van der Waals surface area contributed by atoms with Gasteiger partial charge in [0.2, 0.25) is 5.78 Å². The summed E-state index contributed by atoms with van der Waals surface area (Å²) in [5.41, 5.74) is 4.03. The van der Waals surface area contributed by atoms with Crippen molar-refractivity contribution in [3.8, 4) is 16.9 Å². The lowest BCUT2D eigenvalue weighted by atomic mass is 10.1. The van der Waals surface area contributed by atoms with E-state index in [2.05, 4.69) is 9.97 Å². The van der Waals surface area contributed by atoms with Crippen LogP contribution in [0.4, 0.5) is 4.39 Å². The molecule has 0 aliphatic rings. The summed E-state index contributed by atoms with van der Waals surface area (Å²) < 4.78 is 20.3. The van der Waals surface area contributed by atoms with Crippen molar-refractivity contribution in [2.75, 3.05) is 7.11 Å². The molecule has 0 aliphatic heterocycles. The minimum absolute atomic E-state index is 0. The lowest BCUT2D eigenvalue weighted by Gasteiger charge is -2.06. The van der Waals surface area contributed by atoms with Gasteiger partial charge in [0.15, 0.2) is 0 Å². The van der Waals surface area contributed by atoms with Gasteiger partial charge in [-0.3, -0.25) is 4.40 Å². The van der Waals surface area contributed by atoms with Crippen molar-refractivity contribution >= 4 is 5.78 Å². The highest BCUT2D eigenvalue weighted by molar-refractivity contribution is 5.62. The molecule has 0 unspecified atom stereocenters. The predicted octanol–water partition coefficient (Wildman–Crippen LogP) is 5.80. The molecule has 146 valence electrons. The Labute approximate surface area is 165 Å². The van der Waals surface area contributed by atoms with Crippen molar-refractivity contribution in [2.45, 2.75) is 27.7 Å². The fraction of sp³-hybridized carbons (Fsp3) is 0.217. The molecular weight excluding hydrogens is 353 g/mol. The minimum Gasteiger partial charge on any atom is -0.497 e. The lowest BCUT2D eigenvalue weighted by molar-refractivity contribution is 0.414. The van der Waals surface area contributed by atoms with Gasteiger partial charge in [-0.1, -0.05) is 45.5 Å². The maximum Gasteiger partial charge on any atom is 0.233 e. The largest absolute Gasteiger partial charge is 0.497 e. The van der Waals surface area contributed by atoms with E-state index in [9.17, 15) is 4.39 Å². The smallest absolute Gasteiger partial charge is 0.233 e. The molecule has 4 nitrogen and oxygen atoms in total. The predicted molar refractivity (Wildman–Crippen MR) is 112 cm³/mol. The summed E-state index contributed by atoms with van der Waals surface area (Å²) >= 11 is 0. The molecule has 0 saturated heterocycles. The zero-order valence-electron chi connectivity index (χ0n) is 15.7. The molecule has 2 aromatic heterocycles. The molecule has 0 radical (unpaired) electrons. The van der Waals surface area contributed by atoms with Crippen LogP contribution >= 0.6 is 0 Å². The average Bonchev–Trinajstić information content (AvgIpc) is 3.13. The molecule has 5 heteroatoms.